The Labute approximate surface area is 159 Å². The van der Waals surface area contributed by atoms with Crippen LogP contribution in [-0.4, -0.2) is 66.4 Å². The highest BCUT2D eigenvalue weighted by Gasteiger charge is 2.38. The predicted molar refractivity (Wildman–Crippen MR) is 100 cm³/mol. The number of hydrogen-bond acceptors (Lipinski definition) is 5. The minimum Gasteiger partial charge on any atom is -0.475 e. The third-order valence-corrected chi connectivity index (χ3v) is 3.53. The maximum Gasteiger partial charge on any atom is 0.490 e. The average Bonchev–Trinajstić information content (AvgIpc) is 2.50. The monoisotopic (exact) mass is 392 g/mol. The van der Waals surface area contributed by atoms with Crippen LogP contribution in [0, 0.1) is 0 Å². The Morgan fingerprint density at radius 3 is 1.93 bits per heavy atom. The highest BCUT2D eigenvalue weighted by atomic mass is 19.4. The summed E-state index contributed by atoms with van der Waals surface area (Å²) >= 11 is 0. The number of rotatable bonds is 5. The van der Waals surface area contributed by atoms with Gasteiger partial charge in [-0.05, 0) is 14.1 Å². The molecule has 0 saturated carbocycles. The molecule has 1 N–H and O–H groups in total. The molecule has 9 heteroatoms. The first-order chi connectivity index (χ1) is 12.1. The number of carbonyl (C=O) groups is 1. The van der Waals surface area contributed by atoms with Crippen LogP contribution < -0.4 is 4.90 Å². The summed E-state index contributed by atoms with van der Waals surface area (Å²) in [5.74, 6) is -0.453. The largest absolute Gasteiger partial charge is 0.490 e. The molecule has 0 amide bonds. The zero-order valence-electron chi connectivity index (χ0n) is 17.3. The molecule has 1 heterocycles. The molecule has 0 spiro atoms. The number of nitrogens with zero attached hydrogens (tertiary/aromatic N) is 4. The van der Waals surface area contributed by atoms with Gasteiger partial charge in [-0.3, -0.25) is 0 Å². The van der Waals surface area contributed by atoms with E-state index in [0.717, 1.165) is 30.4 Å². The Kier molecular flexibility index (Phi) is 9.17. The second-order valence-corrected chi connectivity index (χ2v) is 7.90. The minimum atomic E-state index is -5.08. The minimum absolute atomic E-state index is 0.0454. The molecule has 156 valence electrons. The van der Waals surface area contributed by atoms with Crippen molar-refractivity contribution in [2.75, 3.05) is 39.1 Å². The van der Waals surface area contributed by atoms with Crippen molar-refractivity contribution in [1.82, 2.24) is 14.9 Å². The average molecular weight is 392 g/mol. The molecular weight excluding hydrogens is 361 g/mol. The van der Waals surface area contributed by atoms with Gasteiger partial charge in [-0.25, -0.2) is 14.8 Å². The lowest BCUT2D eigenvalue weighted by Crippen LogP contribution is -2.30. The van der Waals surface area contributed by atoms with Crippen molar-refractivity contribution in [1.29, 1.82) is 0 Å². The Balaban J connectivity index is 0.000000821. The molecule has 0 radical (unpaired) electrons. The van der Waals surface area contributed by atoms with E-state index in [0.29, 0.717) is 5.92 Å². The SMILES string of the molecule is CC(C)c1nc(N(C)CCN(C)C)cc(C(C)(C)C)n1.O=C(O)C(F)(F)F. The number of alkyl halides is 3. The summed E-state index contributed by atoms with van der Waals surface area (Å²) in [5.41, 5.74) is 1.16. The Bertz CT molecular complexity index is 612. The third-order valence-electron chi connectivity index (χ3n) is 3.53. The molecule has 0 aliphatic heterocycles. The molecule has 1 aromatic rings. The topological polar surface area (TPSA) is 69.6 Å². The number of halogens is 3. The summed E-state index contributed by atoms with van der Waals surface area (Å²) in [4.78, 5) is 22.7. The maximum atomic E-state index is 10.6. The van der Waals surface area contributed by atoms with Crippen LogP contribution in [0.4, 0.5) is 19.0 Å². The van der Waals surface area contributed by atoms with E-state index >= 15 is 0 Å². The van der Waals surface area contributed by atoms with Crippen LogP contribution in [0.2, 0.25) is 0 Å². The lowest BCUT2D eigenvalue weighted by atomic mass is 9.91. The second-order valence-electron chi connectivity index (χ2n) is 7.90. The number of carboxylic acids is 1. The fraction of sp³-hybridized carbons (Fsp3) is 0.722. The van der Waals surface area contributed by atoms with Crippen molar-refractivity contribution in [3.05, 3.63) is 17.6 Å². The first kappa shape index (κ1) is 25.1. The first-order valence-electron chi connectivity index (χ1n) is 8.61. The predicted octanol–water partition coefficient (Wildman–Crippen LogP) is 3.53. The summed E-state index contributed by atoms with van der Waals surface area (Å²) in [6.07, 6.45) is -5.08. The van der Waals surface area contributed by atoms with Gasteiger partial charge < -0.3 is 14.9 Å². The zero-order chi connectivity index (χ0) is 21.6. The van der Waals surface area contributed by atoms with Crippen LogP contribution in [0.25, 0.3) is 0 Å². The lowest BCUT2D eigenvalue weighted by molar-refractivity contribution is -0.192. The van der Waals surface area contributed by atoms with Gasteiger partial charge in [0.05, 0.1) is 5.69 Å². The van der Waals surface area contributed by atoms with Crippen molar-refractivity contribution in [2.24, 2.45) is 0 Å². The zero-order valence-corrected chi connectivity index (χ0v) is 17.3. The van der Waals surface area contributed by atoms with Gasteiger partial charge in [-0.15, -0.1) is 0 Å². The number of hydrogen-bond donors (Lipinski definition) is 1. The molecule has 0 aliphatic carbocycles. The standard InChI is InChI=1S/C16H30N4.C2HF3O2/c1-12(2)15-17-13(16(3,4)5)11-14(18-15)20(8)10-9-19(6)7;3-2(4,5)1(6)7/h11-12H,9-10H2,1-8H3;(H,6,7). The summed E-state index contributed by atoms with van der Waals surface area (Å²) in [5, 5.41) is 7.12. The molecule has 0 unspecified atom stereocenters. The Morgan fingerprint density at radius 2 is 1.59 bits per heavy atom. The van der Waals surface area contributed by atoms with E-state index < -0.39 is 12.1 Å². The molecule has 0 atom stereocenters. The highest BCUT2D eigenvalue weighted by Crippen LogP contribution is 2.25. The summed E-state index contributed by atoms with van der Waals surface area (Å²) < 4.78 is 31.7. The van der Waals surface area contributed by atoms with Crippen molar-refractivity contribution in [3.8, 4) is 0 Å². The van der Waals surface area contributed by atoms with Gasteiger partial charge in [0.15, 0.2) is 0 Å². The van der Waals surface area contributed by atoms with E-state index in [1.807, 2.05) is 0 Å². The van der Waals surface area contributed by atoms with Crippen LogP contribution in [-0.2, 0) is 10.2 Å². The van der Waals surface area contributed by atoms with E-state index in [4.69, 9.17) is 19.9 Å². The van der Waals surface area contributed by atoms with Crippen molar-refractivity contribution >= 4 is 11.8 Å². The second kappa shape index (κ2) is 9.87. The van der Waals surface area contributed by atoms with Gasteiger partial charge in [0.25, 0.3) is 0 Å². The molecular formula is C18H31F3N4O2. The molecule has 0 saturated heterocycles. The van der Waals surface area contributed by atoms with E-state index in [1.165, 1.54) is 0 Å². The summed E-state index contributed by atoms with van der Waals surface area (Å²) in [7, 11) is 6.28. The fourth-order valence-corrected chi connectivity index (χ4v) is 1.76. The van der Waals surface area contributed by atoms with Gasteiger partial charge >= 0.3 is 12.1 Å². The molecule has 1 aromatic heterocycles. The molecule has 0 bridgehead atoms. The van der Waals surface area contributed by atoms with Gasteiger partial charge in [-0.1, -0.05) is 34.6 Å². The van der Waals surface area contributed by atoms with Gasteiger partial charge in [0.2, 0.25) is 0 Å². The summed E-state index contributed by atoms with van der Waals surface area (Å²) in [6, 6.07) is 2.13. The highest BCUT2D eigenvalue weighted by molar-refractivity contribution is 5.73. The lowest BCUT2D eigenvalue weighted by Gasteiger charge is -2.25. The van der Waals surface area contributed by atoms with E-state index in [1.54, 1.807) is 0 Å². The van der Waals surface area contributed by atoms with Crippen LogP contribution >= 0.6 is 0 Å². The van der Waals surface area contributed by atoms with E-state index in [-0.39, 0.29) is 5.41 Å². The number of aliphatic carboxylic acids is 1. The number of aromatic nitrogens is 2. The van der Waals surface area contributed by atoms with E-state index in [9.17, 15) is 13.2 Å². The molecule has 0 aliphatic rings. The van der Waals surface area contributed by atoms with Crippen LogP contribution in [0.3, 0.4) is 0 Å². The normalized spacial score (nSPS) is 12.0. The molecule has 1 rings (SSSR count). The molecule has 6 nitrogen and oxygen atoms in total. The number of likely N-dealkylation sites (N-methyl/N-ethyl adjacent to an activating group) is 2. The maximum absolute atomic E-state index is 10.6. The number of anilines is 1. The third kappa shape index (κ3) is 9.55. The number of carboxylic acid groups (broad SMARTS) is 1. The Morgan fingerprint density at radius 1 is 1.11 bits per heavy atom. The van der Waals surface area contributed by atoms with Crippen LogP contribution in [0.5, 0.6) is 0 Å². The van der Waals surface area contributed by atoms with Gasteiger partial charge in [-0.2, -0.15) is 13.2 Å². The van der Waals surface area contributed by atoms with E-state index in [2.05, 4.69) is 71.6 Å². The van der Waals surface area contributed by atoms with Gasteiger partial charge in [0.1, 0.15) is 11.6 Å². The Hall–Kier alpha value is -1.90. The molecule has 27 heavy (non-hydrogen) atoms. The van der Waals surface area contributed by atoms with Crippen molar-refractivity contribution < 1.29 is 23.1 Å². The summed E-state index contributed by atoms with van der Waals surface area (Å²) in [6.45, 7) is 12.9. The van der Waals surface area contributed by atoms with Crippen molar-refractivity contribution in [2.45, 2.75) is 52.1 Å². The van der Waals surface area contributed by atoms with Crippen molar-refractivity contribution in [3.63, 3.8) is 0 Å². The fourth-order valence-electron chi connectivity index (χ4n) is 1.76. The molecule has 0 aromatic carbocycles. The van der Waals surface area contributed by atoms with Crippen LogP contribution in [0.15, 0.2) is 6.07 Å². The molecule has 0 fully saturated rings. The quantitative estimate of drug-likeness (QED) is 0.827. The van der Waals surface area contributed by atoms with Gasteiger partial charge in [0, 0.05) is 37.5 Å². The first-order valence-corrected chi connectivity index (χ1v) is 8.61. The smallest absolute Gasteiger partial charge is 0.475 e. The van der Waals surface area contributed by atoms with Crippen LogP contribution in [0.1, 0.15) is 52.1 Å².